The molecule has 0 amide bonds. The van der Waals surface area contributed by atoms with Gasteiger partial charge in [-0.3, -0.25) is 0 Å². The van der Waals surface area contributed by atoms with Crippen LogP contribution in [0.4, 0.5) is 13.2 Å². The molecule has 120 valence electrons. The molecule has 2 aromatic heterocycles. The third kappa shape index (κ3) is 3.41. The zero-order valence-electron chi connectivity index (χ0n) is 11.5. The molecule has 0 bridgehead atoms. The van der Waals surface area contributed by atoms with Crippen LogP contribution >= 0.6 is 35.0 Å². The Labute approximate surface area is 143 Å². The van der Waals surface area contributed by atoms with E-state index in [1.165, 1.54) is 12.1 Å². The first-order valence-corrected chi connectivity index (χ1v) is 7.86. The second-order valence-electron chi connectivity index (χ2n) is 4.66. The highest BCUT2D eigenvalue weighted by Gasteiger charge is 2.29. The Bertz CT molecular complexity index is 893. The fraction of sp³-hybridized carbons (Fsp3) is 0.143. The largest absolute Gasteiger partial charge is 0.446 e. The fourth-order valence-electron chi connectivity index (χ4n) is 2.16. The van der Waals surface area contributed by atoms with Crippen molar-refractivity contribution >= 4 is 46.0 Å². The maximum Gasteiger partial charge on any atom is 0.446 e. The zero-order chi connectivity index (χ0) is 16.8. The highest BCUT2D eigenvalue weighted by atomic mass is 35.5. The molecule has 0 N–H and O–H groups in total. The van der Waals surface area contributed by atoms with Gasteiger partial charge in [0.25, 0.3) is 0 Å². The summed E-state index contributed by atoms with van der Waals surface area (Å²) in [6, 6.07) is 7.51. The van der Waals surface area contributed by atoms with Gasteiger partial charge in [0, 0.05) is 11.9 Å². The number of thioether (sulfide) groups is 1. The lowest BCUT2D eigenvalue weighted by Gasteiger charge is -2.05. The molecular weight excluding hydrogens is 370 g/mol. The first-order valence-electron chi connectivity index (χ1n) is 6.29. The van der Waals surface area contributed by atoms with E-state index in [1.54, 1.807) is 29.8 Å². The van der Waals surface area contributed by atoms with Crippen molar-refractivity contribution in [2.75, 3.05) is 0 Å². The van der Waals surface area contributed by atoms with E-state index in [2.05, 4.69) is 9.97 Å². The summed E-state index contributed by atoms with van der Waals surface area (Å²) in [5.74, 6) is 0.432. The number of rotatable bonds is 2. The van der Waals surface area contributed by atoms with Crippen molar-refractivity contribution in [2.24, 2.45) is 7.05 Å². The van der Waals surface area contributed by atoms with Gasteiger partial charge in [-0.2, -0.15) is 13.2 Å². The molecule has 23 heavy (non-hydrogen) atoms. The quantitative estimate of drug-likeness (QED) is 0.433. The van der Waals surface area contributed by atoms with Crippen molar-refractivity contribution in [3.05, 3.63) is 40.5 Å². The molecule has 9 heteroatoms. The average molecular weight is 378 g/mol. The van der Waals surface area contributed by atoms with Crippen LogP contribution in [0.5, 0.6) is 0 Å². The van der Waals surface area contributed by atoms with Crippen LogP contribution in [-0.4, -0.2) is 20.0 Å². The van der Waals surface area contributed by atoms with Crippen LogP contribution in [0, 0.1) is 0 Å². The van der Waals surface area contributed by atoms with Gasteiger partial charge in [0.1, 0.15) is 10.8 Å². The minimum atomic E-state index is -4.34. The van der Waals surface area contributed by atoms with Crippen LogP contribution in [0.3, 0.4) is 0 Å². The molecule has 0 saturated carbocycles. The molecule has 0 radical (unpaired) electrons. The van der Waals surface area contributed by atoms with Gasteiger partial charge >= 0.3 is 5.51 Å². The second-order valence-corrected chi connectivity index (χ2v) is 6.59. The molecule has 0 unspecified atom stereocenters. The van der Waals surface area contributed by atoms with Crippen LogP contribution in [0.15, 0.2) is 35.2 Å². The summed E-state index contributed by atoms with van der Waals surface area (Å²) in [7, 11) is 1.74. The first-order chi connectivity index (χ1) is 10.7. The molecule has 0 aliphatic rings. The van der Waals surface area contributed by atoms with Crippen molar-refractivity contribution in [3.63, 3.8) is 0 Å². The van der Waals surface area contributed by atoms with E-state index in [1.807, 2.05) is 0 Å². The minimum Gasteiger partial charge on any atom is -0.326 e. The Hall–Kier alpha value is -1.44. The number of halogens is 5. The maximum absolute atomic E-state index is 12.5. The summed E-state index contributed by atoms with van der Waals surface area (Å²) in [6.07, 6.45) is 0. The molecule has 0 spiro atoms. The number of hydrogen-bond acceptors (Lipinski definition) is 3. The summed E-state index contributed by atoms with van der Waals surface area (Å²) in [4.78, 5) is 8.57. The minimum absolute atomic E-state index is 0.0693. The Balaban J connectivity index is 2.13. The summed E-state index contributed by atoms with van der Waals surface area (Å²) in [6.45, 7) is 0. The maximum atomic E-state index is 12.5. The normalized spacial score (nSPS) is 12.1. The number of aromatic nitrogens is 3. The molecule has 0 fully saturated rings. The van der Waals surface area contributed by atoms with Crippen LogP contribution in [0.25, 0.3) is 22.6 Å². The van der Waals surface area contributed by atoms with Gasteiger partial charge in [-0.25, -0.2) is 9.97 Å². The fourth-order valence-corrected chi connectivity index (χ4v) is 3.07. The van der Waals surface area contributed by atoms with Gasteiger partial charge in [0.15, 0.2) is 5.82 Å². The Morgan fingerprint density at radius 1 is 1.09 bits per heavy atom. The van der Waals surface area contributed by atoms with Crippen molar-refractivity contribution in [2.45, 2.75) is 10.4 Å². The van der Waals surface area contributed by atoms with Crippen LogP contribution in [-0.2, 0) is 7.05 Å². The predicted molar refractivity (Wildman–Crippen MR) is 85.9 cm³/mol. The van der Waals surface area contributed by atoms with Crippen molar-refractivity contribution < 1.29 is 13.2 Å². The van der Waals surface area contributed by atoms with Gasteiger partial charge in [0.2, 0.25) is 0 Å². The van der Waals surface area contributed by atoms with Crippen LogP contribution in [0.2, 0.25) is 10.2 Å². The molecule has 0 saturated heterocycles. The van der Waals surface area contributed by atoms with Gasteiger partial charge in [-0.15, -0.1) is 0 Å². The lowest BCUT2D eigenvalue weighted by atomic mass is 10.3. The Kier molecular flexibility index (Phi) is 4.20. The molecular formula is C14H8Cl2F3N3S. The number of imidazole rings is 1. The number of pyridine rings is 1. The average Bonchev–Trinajstić information content (AvgIpc) is 2.76. The van der Waals surface area contributed by atoms with Crippen LogP contribution in [0.1, 0.15) is 0 Å². The standard InChI is InChI=1S/C14H8Cl2F3N3S/c1-22-10-4-2-7(23-14(17,18)19)6-9(10)20-13(22)12-8(15)3-5-11(16)21-12/h2-6H,1H3. The number of hydrogen-bond donors (Lipinski definition) is 0. The SMILES string of the molecule is Cn1c(-c2nc(Cl)ccc2Cl)nc2cc(SC(F)(F)F)ccc21. The molecule has 0 aliphatic carbocycles. The molecule has 3 nitrogen and oxygen atoms in total. The third-order valence-corrected chi connectivity index (χ3v) is 4.35. The smallest absolute Gasteiger partial charge is 0.326 e. The number of fused-ring (bicyclic) bond motifs is 1. The predicted octanol–water partition coefficient (Wildman–Crippen LogP) is 5.55. The molecule has 2 heterocycles. The Morgan fingerprint density at radius 3 is 2.52 bits per heavy atom. The Morgan fingerprint density at radius 2 is 1.83 bits per heavy atom. The van der Waals surface area contributed by atoms with E-state index in [0.29, 0.717) is 27.6 Å². The van der Waals surface area contributed by atoms with E-state index in [-0.39, 0.29) is 21.8 Å². The molecule has 3 aromatic rings. The van der Waals surface area contributed by atoms with Crippen molar-refractivity contribution in [1.29, 1.82) is 0 Å². The lowest BCUT2D eigenvalue weighted by Crippen LogP contribution is -1.98. The van der Waals surface area contributed by atoms with Gasteiger partial charge < -0.3 is 4.57 Å². The highest BCUT2D eigenvalue weighted by molar-refractivity contribution is 8.00. The summed E-state index contributed by atoms with van der Waals surface area (Å²) in [5.41, 5.74) is -2.87. The highest BCUT2D eigenvalue weighted by Crippen LogP contribution is 2.38. The topological polar surface area (TPSA) is 30.7 Å². The van der Waals surface area contributed by atoms with Gasteiger partial charge in [-0.1, -0.05) is 23.2 Å². The van der Waals surface area contributed by atoms with E-state index in [9.17, 15) is 13.2 Å². The lowest BCUT2D eigenvalue weighted by molar-refractivity contribution is -0.0328. The number of alkyl halides is 3. The monoisotopic (exact) mass is 377 g/mol. The number of nitrogens with zero attached hydrogens (tertiary/aromatic N) is 3. The van der Waals surface area contributed by atoms with Crippen molar-refractivity contribution in [3.8, 4) is 11.5 Å². The van der Waals surface area contributed by atoms with Crippen molar-refractivity contribution in [1.82, 2.24) is 14.5 Å². The molecule has 1 aromatic carbocycles. The number of benzene rings is 1. The second kappa shape index (κ2) is 5.89. The third-order valence-electron chi connectivity index (χ3n) is 3.11. The van der Waals surface area contributed by atoms with E-state index in [0.717, 1.165) is 0 Å². The van der Waals surface area contributed by atoms with Gasteiger partial charge in [-0.05, 0) is 42.1 Å². The molecule has 0 aliphatic heterocycles. The first kappa shape index (κ1) is 16.4. The van der Waals surface area contributed by atoms with E-state index < -0.39 is 5.51 Å². The zero-order valence-corrected chi connectivity index (χ0v) is 13.9. The van der Waals surface area contributed by atoms with E-state index >= 15 is 0 Å². The summed E-state index contributed by atoms with van der Waals surface area (Å²) < 4.78 is 39.2. The molecule has 3 rings (SSSR count). The number of aryl methyl sites for hydroxylation is 1. The van der Waals surface area contributed by atoms with Crippen LogP contribution < -0.4 is 0 Å². The van der Waals surface area contributed by atoms with E-state index in [4.69, 9.17) is 23.2 Å². The molecule has 0 atom stereocenters. The summed E-state index contributed by atoms with van der Waals surface area (Å²) >= 11 is 11.8. The summed E-state index contributed by atoms with van der Waals surface area (Å²) in [5, 5.41) is 0.613. The van der Waals surface area contributed by atoms with Gasteiger partial charge in [0.05, 0.1) is 16.1 Å².